The molecule has 5 nitrogen and oxygen atoms in total. The molecule has 0 saturated carbocycles. The van der Waals surface area contributed by atoms with Crippen LogP contribution < -0.4 is 5.32 Å². The van der Waals surface area contributed by atoms with E-state index in [1.54, 1.807) is 37.7 Å². The molecule has 4 rings (SSSR count). The molecule has 0 saturated heterocycles. The van der Waals surface area contributed by atoms with Gasteiger partial charge in [0.15, 0.2) is 5.82 Å². The molecule has 0 aliphatic heterocycles. The molecule has 146 valence electrons. The van der Waals surface area contributed by atoms with Crippen molar-refractivity contribution in [3.8, 4) is 22.5 Å². The Hall–Kier alpha value is -3.45. The summed E-state index contributed by atoms with van der Waals surface area (Å²) in [6, 6.07) is 12.6. The second kappa shape index (κ2) is 8.28. The molecule has 0 bridgehead atoms. The van der Waals surface area contributed by atoms with Crippen molar-refractivity contribution in [3.05, 3.63) is 72.6 Å². The van der Waals surface area contributed by atoms with Gasteiger partial charge in [0.2, 0.25) is 0 Å². The summed E-state index contributed by atoms with van der Waals surface area (Å²) in [6.45, 7) is 1.05. The Morgan fingerprint density at radius 2 is 1.90 bits per heavy atom. The minimum Gasteiger partial charge on any atom is -0.383 e. The quantitative estimate of drug-likeness (QED) is 0.482. The van der Waals surface area contributed by atoms with Crippen molar-refractivity contribution in [1.29, 1.82) is 0 Å². The molecule has 0 aliphatic carbocycles. The van der Waals surface area contributed by atoms with Crippen molar-refractivity contribution in [1.82, 2.24) is 15.0 Å². The number of ether oxygens (including phenoxy) is 1. The summed E-state index contributed by atoms with van der Waals surface area (Å²) in [7, 11) is 1.62. The van der Waals surface area contributed by atoms with Crippen LogP contribution in [0.15, 0.2) is 60.9 Å². The van der Waals surface area contributed by atoms with E-state index in [9.17, 15) is 8.78 Å². The molecule has 0 aliphatic rings. The second-order valence-corrected chi connectivity index (χ2v) is 6.41. The van der Waals surface area contributed by atoms with Crippen LogP contribution in [0.2, 0.25) is 0 Å². The number of anilines is 1. The van der Waals surface area contributed by atoms with Gasteiger partial charge in [-0.3, -0.25) is 4.98 Å². The van der Waals surface area contributed by atoms with Crippen molar-refractivity contribution in [2.24, 2.45) is 0 Å². The van der Waals surface area contributed by atoms with Gasteiger partial charge in [0.1, 0.15) is 17.5 Å². The molecule has 2 aromatic carbocycles. The number of methoxy groups -OCH3 is 1. The van der Waals surface area contributed by atoms with Gasteiger partial charge in [0.05, 0.1) is 12.1 Å². The maximum Gasteiger partial charge on any atom is 0.163 e. The van der Waals surface area contributed by atoms with E-state index in [0.717, 1.165) is 17.0 Å². The summed E-state index contributed by atoms with van der Waals surface area (Å²) in [5.41, 5.74) is 2.41. The second-order valence-electron chi connectivity index (χ2n) is 6.41. The Labute approximate surface area is 166 Å². The number of rotatable bonds is 6. The van der Waals surface area contributed by atoms with Crippen LogP contribution in [0.25, 0.3) is 33.4 Å². The molecule has 0 spiro atoms. The largest absolute Gasteiger partial charge is 0.383 e. The zero-order valence-corrected chi connectivity index (χ0v) is 15.7. The van der Waals surface area contributed by atoms with Crippen LogP contribution in [0.5, 0.6) is 0 Å². The molecule has 0 radical (unpaired) electrons. The topological polar surface area (TPSA) is 59.9 Å². The fraction of sp³-hybridized carbons (Fsp3) is 0.136. The third kappa shape index (κ3) is 4.05. The molecule has 4 aromatic rings. The third-order valence-corrected chi connectivity index (χ3v) is 4.46. The predicted octanol–water partition coefficient (Wildman–Crippen LogP) is 4.70. The molecule has 0 fully saturated rings. The molecular formula is C22H18F2N4O. The van der Waals surface area contributed by atoms with Crippen molar-refractivity contribution >= 4 is 16.7 Å². The number of nitrogens with one attached hydrogen (secondary N) is 1. The van der Waals surface area contributed by atoms with Gasteiger partial charge in [0, 0.05) is 48.6 Å². The van der Waals surface area contributed by atoms with Gasteiger partial charge < -0.3 is 10.1 Å². The first-order chi connectivity index (χ1) is 14.2. The van der Waals surface area contributed by atoms with Gasteiger partial charge in [-0.25, -0.2) is 18.7 Å². The van der Waals surface area contributed by atoms with E-state index >= 15 is 0 Å². The highest BCUT2D eigenvalue weighted by atomic mass is 19.1. The van der Waals surface area contributed by atoms with Crippen LogP contribution in [0.1, 0.15) is 0 Å². The van der Waals surface area contributed by atoms with Gasteiger partial charge >= 0.3 is 0 Å². The first kappa shape index (κ1) is 18.9. The van der Waals surface area contributed by atoms with Crippen LogP contribution in [0, 0.1) is 11.6 Å². The highest BCUT2D eigenvalue weighted by Gasteiger charge is 2.13. The molecule has 1 N–H and O–H groups in total. The highest BCUT2D eigenvalue weighted by Crippen LogP contribution is 2.30. The number of hydrogen-bond donors (Lipinski definition) is 1. The van der Waals surface area contributed by atoms with E-state index in [-0.39, 0.29) is 0 Å². The summed E-state index contributed by atoms with van der Waals surface area (Å²) in [5, 5.41) is 3.98. The Morgan fingerprint density at radius 3 is 2.66 bits per heavy atom. The summed E-state index contributed by atoms with van der Waals surface area (Å²) >= 11 is 0. The molecule has 29 heavy (non-hydrogen) atoms. The standard InChI is InChI=1S/C22H18F2N4O/c1-29-10-9-26-22-18-11-14(17-6-5-16(23)12-19(17)24)4-7-20(18)27-21(28-22)15-3-2-8-25-13-15/h2-8,11-13H,9-10H2,1H3,(H,26,27,28). The number of hydrogen-bond acceptors (Lipinski definition) is 5. The van der Waals surface area contributed by atoms with E-state index in [1.165, 1.54) is 12.1 Å². The monoisotopic (exact) mass is 392 g/mol. The first-order valence-corrected chi connectivity index (χ1v) is 9.06. The van der Waals surface area contributed by atoms with Gasteiger partial charge in [0.25, 0.3) is 0 Å². The van der Waals surface area contributed by atoms with E-state index in [2.05, 4.69) is 20.3 Å². The van der Waals surface area contributed by atoms with Crippen LogP contribution in [0.4, 0.5) is 14.6 Å². The predicted molar refractivity (Wildman–Crippen MR) is 108 cm³/mol. The lowest BCUT2D eigenvalue weighted by atomic mass is 10.0. The van der Waals surface area contributed by atoms with Crippen LogP contribution in [-0.4, -0.2) is 35.2 Å². The first-order valence-electron chi connectivity index (χ1n) is 9.06. The lowest BCUT2D eigenvalue weighted by Gasteiger charge is -2.12. The lowest BCUT2D eigenvalue weighted by molar-refractivity contribution is 0.210. The number of benzene rings is 2. The average Bonchev–Trinajstić information content (AvgIpc) is 2.74. The number of aromatic nitrogens is 3. The fourth-order valence-electron chi connectivity index (χ4n) is 3.05. The molecule has 0 unspecified atom stereocenters. The molecule has 2 heterocycles. The zero-order chi connectivity index (χ0) is 20.2. The number of halogens is 2. The minimum atomic E-state index is -0.619. The summed E-state index contributed by atoms with van der Waals surface area (Å²) in [4.78, 5) is 13.4. The Morgan fingerprint density at radius 1 is 1.00 bits per heavy atom. The lowest BCUT2D eigenvalue weighted by Crippen LogP contribution is -2.10. The van der Waals surface area contributed by atoms with Crippen molar-refractivity contribution in [2.75, 3.05) is 25.6 Å². The molecule has 7 heteroatoms. The van der Waals surface area contributed by atoms with Crippen molar-refractivity contribution in [2.45, 2.75) is 0 Å². The summed E-state index contributed by atoms with van der Waals surface area (Å²) < 4.78 is 32.6. The van der Waals surface area contributed by atoms with Gasteiger partial charge in [-0.15, -0.1) is 0 Å². The Bertz CT molecular complexity index is 1150. The van der Waals surface area contributed by atoms with Gasteiger partial charge in [-0.2, -0.15) is 0 Å². The zero-order valence-electron chi connectivity index (χ0n) is 15.7. The molecule has 0 amide bonds. The maximum atomic E-state index is 14.3. The average molecular weight is 392 g/mol. The Balaban J connectivity index is 1.84. The number of fused-ring (bicyclic) bond motifs is 1. The summed E-state index contributed by atoms with van der Waals surface area (Å²) in [5.74, 6) is -0.0916. The van der Waals surface area contributed by atoms with Gasteiger partial charge in [-0.05, 0) is 42.0 Å². The number of nitrogens with zero attached hydrogens (tertiary/aromatic N) is 3. The number of pyridine rings is 1. The molecule has 2 aromatic heterocycles. The Kier molecular flexibility index (Phi) is 5.39. The highest BCUT2D eigenvalue weighted by molar-refractivity contribution is 5.94. The maximum absolute atomic E-state index is 14.3. The van der Waals surface area contributed by atoms with Crippen LogP contribution in [0.3, 0.4) is 0 Å². The van der Waals surface area contributed by atoms with Gasteiger partial charge in [-0.1, -0.05) is 6.07 Å². The van der Waals surface area contributed by atoms with E-state index < -0.39 is 11.6 Å². The van der Waals surface area contributed by atoms with E-state index in [0.29, 0.717) is 41.4 Å². The molecule has 0 atom stereocenters. The molecular weight excluding hydrogens is 374 g/mol. The van der Waals surface area contributed by atoms with E-state index in [1.807, 2.05) is 12.1 Å². The normalized spacial score (nSPS) is 11.0. The SMILES string of the molecule is COCCNc1nc(-c2cccnc2)nc2ccc(-c3ccc(F)cc3F)cc12. The van der Waals surface area contributed by atoms with Crippen LogP contribution in [-0.2, 0) is 4.74 Å². The minimum absolute atomic E-state index is 0.312. The van der Waals surface area contributed by atoms with Crippen molar-refractivity contribution < 1.29 is 13.5 Å². The smallest absolute Gasteiger partial charge is 0.163 e. The van der Waals surface area contributed by atoms with Crippen LogP contribution >= 0.6 is 0 Å². The fourth-order valence-corrected chi connectivity index (χ4v) is 3.05. The van der Waals surface area contributed by atoms with Crippen molar-refractivity contribution in [3.63, 3.8) is 0 Å². The summed E-state index contributed by atoms with van der Waals surface area (Å²) in [6.07, 6.45) is 3.38. The third-order valence-electron chi connectivity index (χ3n) is 4.46. The van der Waals surface area contributed by atoms with E-state index in [4.69, 9.17) is 4.74 Å².